The van der Waals surface area contributed by atoms with Crippen molar-refractivity contribution >= 4 is 12.0 Å². The van der Waals surface area contributed by atoms with Crippen LogP contribution in [0.25, 0.3) is 6.08 Å². The quantitative estimate of drug-likeness (QED) is 0.732. The summed E-state index contributed by atoms with van der Waals surface area (Å²) in [6, 6.07) is 14.3. The van der Waals surface area contributed by atoms with Crippen molar-refractivity contribution in [3.8, 4) is 11.5 Å². The Hall–Kier alpha value is -2.79. The fourth-order valence-corrected chi connectivity index (χ4v) is 3.92. The molecule has 1 fully saturated rings. The lowest BCUT2D eigenvalue weighted by Gasteiger charge is -2.21. The average Bonchev–Trinajstić information content (AvgIpc) is 3.10. The topological polar surface area (TPSA) is 42.0 Å². The third-order valence-electron chi connectivity index (χ3n) is 5.60. The molecule has 0 atom stereocenters. The molecule has 2 aromatic rings. The smallest absolute Gasteiger partial charge is 0.246 e. The maximum absolute atomic E-state index is 12.7. The lowest BCUT2D eigenvalue weighted by molar-refractivity contribution is -0.125. The van der Waals surface area contributed by atoms with Gasteiger partial charge in [-0.3, -0.25) is 9.69 Å². The molecule has 2 aliphatic heterocycles. The van der Waals surface area contributed by atoms with Crippen LogP contribution in [0.15, 0.2) is 48.5 Å². The fraction of sp³-hybridized carbons (Fsp3) is 0.375. The number of ether oxygens (including phenoxy) is 2. The number of rotatable bonds is 5. The van der Waals surface area contributed by atoms with E-state index >= 15 is 0 Å². The summed E-state index contributed by atoms with van der Waals surface area (Å²) in [5.41, 5.74) is 3.55. The zero-order chi connectivity index (χ0) is 20.1. The van der Waals surface area contributed by atoms with Gasteiger partial charge in [0, 0.05) is 45.2 Å². The number of amides is 1. The first kappa shape index (κ1) is 19.5. The van der Waals surface area contributed by atoms with E-state index in [1.807, 2.05) is 35.2 Å². The van der Waals surface area contributed by atoms with Gasteiger partial charge >= 0.3 is 0 Å². The van der Waals surface area contributed by atoms with Crippen molar-refractivity contribution in [3.05, 3.63) is 65.2 Å². The number of nitrogens with zero attached hydrogens (tertiary/aromatic N) is 2. The second kappa shape index (κ2) is 9.14. The molecular formula is C24H28N2O3. The van der Waals surface area contributed by atoms with Crippen LogP contribution in [-0.4, -0.2) is 55.6 Å². The third-order valence-corrected chi connectivity index (χ3v) is 5.60. The largest absolute Gasteiger partial charge is 0.497 e. The number of fused-ring (bicyclic) bond motifs is 1. The highest BCUT2D eigenvalue weighted by Gasteiger charge is 2.18. The number of benzene rings is 2. The van der Waals surface area contributed by atoms with Gasteiger partial charge in [0.2, 0.25) is 5.91 Å². The van der Waals surface area contributed by atoms with E-state index < -0.39 is 0 Å². The standard InChI is InChI=1S/C24H28N2O3/c1-28-22-7-3-20(4-8-22)18-25-12-2-13-26(15-14-25)24(27)10-6-19-5-9-23-21(17-19)11-16-29-23/h3-10,17H,2,11-16,18H2,1H3. The molecule has 5 nitrogen and oxygen atoms in total. The van der Waals surface area contributed by atoms with Crippen molar-refractivity contribution in [2.45, 2.75) is 19.4 Å². The molecule has 0 bridgehead atoms. The summed E-state index contributed by atoms with van der Waals surface area (Å²) >= 11 is 0. The van der Waals surface area contributed by atoms with Crippen molar-refractivity contribution in [2.24, 2.45) is 0 Å². The molecule has 1 amide bonds. The number of carbonyl (C=O) groups excluding carboxylic acids is 1. The predicted molar refractivity (Wildman–Crippen MR) is 114 cm³/mol. The Bertz CT molecular complexity index is 876. The second-order valence-corrected chi connectivity index (χ2v) is 7.60. The van der Waals surface area contributed by atoms with Crippen LogP contribution in [0, 0.1) is 0 Å². The first-order valence-electron chi connectivity index (χ1n) is 10.3. The average molecular weight is 392 g/mol. The van der Waals surface area contributed by atoms with Gasteiger partial charge in [0.25, 0.3) is 0 Å². The summed E-state index contributed by atoms with van der Waals surface area (Å²) in [5, 5.41) is 0. The Balaban J connectivity index is 1.31. The molecule has 0 aliphatic carbocycles. The maximum atomic E-state index is 12.7. The van der Waals surface area contributed by atoms with Crippen molar-refractivity contribution in [1.29, 1.82) is 0 Å². The van der Waals surface area contributed by atoms with Crippen LogP contribution in [0.3, 0.4) is 0 Å². The number of hydrogen-bond acceptors (Lipinski definition) is 4. The lowest BCUT2D eigenvalue weighted by Crippen LogP contribution is -2.34. The molecule has 1 saturated heterocycles. The molecule has 2 heterocycles. The van der Waals surface area contributed by atoms with Gasteiger partial charge in [-0.25, -0.2) is 0 Å². The molecule has 0 spiro atoms. The van der Waals surface area contributed by atoms with Gasteiger partial charge in [0.1, 0.15) is 11.5 Å². The van der Waals surface area contributed by atoms with E-state index in [9.17, 15) is 4.79 Å². The van der Waals surface area contributed by atoms with E-state index in [1.165, 1.54) is 11.1 Å². The van der Waals surface area contributed by atoms with Gasteiger partial charge < -0.3 is 14.4 Å². The predicted octanol–water partition coefficient (Wildman–Crippen LogP) is 3.38. The van der Waals surface area contributed by atoms with E-state index in [4.69, 9.17) is 9.47 Å². The number of hydrogen-bond donors (Lipinski definition) is 0. The second-order valence-electron chi connectivity index (χ2n) is 7.60. The highest BCUT2D eigenvalue weighted by Crippen LogP contribution is 2.26. The molecule has 2 aromatic carbocycles. The summed E-state index contributed by atoms with van der Waals surface area (Å²) in [6.45, 7) is 5.12. The fourth-order valence-electron chi connectivity index (χ4n) is 3.92. The first-order chi connectivity index (χ1) is 14.2. The minimum absolute atomic E-state index is 0.0908. The summed E-state index contributed by atoms with van der Waals surface area (Å²) in [6.07, 6.45) is 5.56. The van der Waals surface area contributed by atoms with Crippen LogP contribution in [0.4, 0.5) is 0 Å². The first-order valence-corrected chi connectivity index (χ1v) is 10.3. The van der Waals surface area contributed by atoms with Crippen molar-refractivity contribution in [3.63, 3.8) is 0 Å². The van der Waals surface area contributed by atoms with E-state index in [-0.39, 0.29) is 5.91 Å². The van der Waals surface area contributed by atoms with E-state index in [2.05, 4.69) is 23.1 Å². The van der Waals surface area contributed by atoms with Crippen LogP contribution in [0.1, 0.15) is 23.1 Å². The van der Waals surface area contributed by atoms with Crippen LogP contribution >= 0.6 is 0 Å². The summed E-state index contributed by atoms with van der Waals surface area (Å²) in [5.74, 6) is 1.94. The highest BCUT2D eigenvalue weighted by molar-refractivity contribution is 5.91. The normalized spacial score (nSPS) is 17.1. The summed E-state index contributed by atoms with van der Waals surface area (Å²) < 4.78 is 10.8. The Morgan fingerprint density at radius 1 is 1.10 bits per heavy atom. The molecule has 2 aliphatic rings. The lowest BCUT2D eigenvalue weighted by atomic mass is 10.1. The zero-order valence-electron chi connectivity index (χ0n) is 17.0. The van der Waals surface area contributed by atoms with Gasteiger partial charge in [0.05, 0.1) is 13.7 Å². The van der Waals surface area contributed by atoms with E-state index in [1.54, 1.807) is 13.2 Å². The third kappa shape index (κ3) is 4.98. The van der Waals surface area contributed by atoms with Gasteiger partial charge in [-0.05, 0) is 53.5 Å². The molecule has 0 aromatic heterocycles. The molecule has 0 saturated carbocycles. The highest BCUT2D eigenvalue weighted by atomic mass is 16.5. The van der Waals surface area contributed by atoms with Crippen LogP contribution < -0.4 is 9.47 Å². The SMILES string of the molecule is COc1ccc(CN2CCCN(C(=O)C=Cc3ccc4c(c3)CCO4)CC2)cc1. The van der Waals surface area contributed by atoms with E-state index in [0.29, 0.717) is 0 Å². The maximum Gasteiger partial charge on any atom is 0.246 e. The van der Waals surface area contributed by atoms with Gasteiger partial charge in [-0.1, -0.05) is 18.2 Å². The molecule has 152 valence electrons. The van der Waals surface area contributed by atoms with Crippen LogP contribution in [0.5, 0.6) is 11.5 Å². The Labute approximate surface area is 172 Å². The van der Waals surface area contributed by atoms with Crippen molar-refractivity contribution < 1.29 is 14.3 Å². The van der Waals surface area contributed by atoms with Crippen molar-refractivity contribution in [2.75, 3.05) is 39.9 Å². The zero-order valence-corrected chi connectivity index (χ0v) is 17.0. The number of methoxy groups -OCH3 is 1. The van der Waals surface area contributed by atoms with Crippen LogP contribution in [-0.2, 0) is 17.8 Å². The molecule has 0 radical (unpaired) electrons. The minimum atomic E-state index is 0.0908. The van der Waals surface area contributed by atoms with Gasteiger partial charge in [-0.15, -0.1) is 0 Å². The van der Waals surface area contributed by atoms with E-state index in [0.717, 1.165) is 69.2 Å². The monoisotopic (exact) mass is 392 g/mol. The van der Waals surface area contributed by atoms with Crippen LogP contribution in [0.2, 0.25) is 0 Å². The number of carbonyl (C=O) groups is 1. The van der Waals surface area contributed by atoms with Gasteiger partial charge in [-0.2, -0.15) is 0 Å². The van der Waals surface area contributed by atoms with Crippen molar-refractivity contribution in [1.82, 2.24) is 9.80 Å². The molecule has 5 heteroatoms. The summed E-state index contributed by atoms with van der Waals surface area (Å²) in [4.78, 5) is 17.1. The molecule has 0 unspecified atom stereocenters. The van der Waals surface area contributed by atoms with Gasteiger partial charge in [0.15, 0.2) is 0 Å². The molecular weight excluding hydrogens is 364 g/mol. The molecule has 29 heavy (non-hydrogen) atoms. The molecule has 4 rings (SSSR count). The Morgan fingerprint density at radius 3 is 2.79 bits per heavy atom. The Morgan fingerprint density at radius 2 is 1.97 bits per heavy atom. The molecule has 0 N–H and O–H groups in total. The summed E-state index contributed by atoms with van der Waals surface area (Å²) in [7, 11) is 1.68. The minimum Gasteiger partial charge on any atom is -0.497 e. The Kier molecular flexibility index (Phi) is 6.15.